The van der Waals surface area contributed by atoms with E-state index in [0.717, 1.165) is 0 Å². The lowest BCUT2D eigenvalue weighted by molar-refractivity contribution is 0.794. The van der Waals surface area contributed by atoms with E-state index in [1.165, 1.54) is 71.9 Å². The maximum absolute atomic E-state index is 3.68. The van der Waals surface area contributed by atoms with Crippen LogP contribution in [0.15, 0.2) is 103 Å². The Bertz CT molecular complexity index is 1740. The highest BCUT2D eigenvalue weighted by Gasteiger charge is 2.51. The van der Waals surface area contributed by atoms with E-state index < -0.39 is 0 Å². The molecule has 0 unspecified atom stereocenters. The van der Waals surface area contributed by atoms with Gasteiger partial charge in [-0.3, -0.25) is 0 Å². The first kappa shape index (κ1) is 17.5. The molecule has 154 valence electrons. The van der Waals surface area contributed by atoms with Gasteiger partial charge in [0.15, 0.2) is 0 Å². The minimum absolute atomic E-state index is 0.277. The predicted octanol–water partition coefficient (Wildman–Crippen LogP) is 7.97. The largest absolute Gasteiger partial charge is 0.354 e. The second-order valence-corrected chi connectivity index (χ2v) is 9.47. The molecular weight excluding hydrogens is 398 g/mol. The number of aromatic nitrogens is 1. The van der Waals surface area contributed by atoms with Crippen molar-refractivity contribution in [3.63, 3.8) is 0 Å². The maximum atomic E-state index is 3.68. The van der Waals surface area contributed by atoms with Crippen LogP contribution in [0.5, 0.6) is 0 Å². The number of nitrogens with one attached hydrogen (secondary N) is 1. The SMILES string of the molecule is Cc1ccc2[nH]c3ccc4c(c3c2c1)-c1ccccc1C41c2ccccc2-c2ccccc21. The zero-order valence-electron chi connectivity index (χ0n) is 18.3. The van der Waals surface area contributed by atoms with Gasteiger partial charge in [-0.05, 0) is 69.6 Å². The molecule has 1 aromatic heterocycles. The average Bonchev–Trinajstić information content (AvgIpc) is 3.47. The lowest BCUT2D eigenvalue weighted by Crippen LogP contribution is -2.25. The molecule has 33 heavy (non-hydrogen) atoms. The lowest BCUT2D eigenvalue weighted by Gasteiger charge is -2.30. The summed E-state index contributed by atoms with van der Waals surface area (Å²) in [4.78, 5) is 3.68. The minimum Gasteiger partial charge on any atom is -0.354 e. The molecule has 0 aliphatic heterocycles. The van der Waals surface area contributed by atoms with Crippen LogP contribution in [-0.2, 0) is 5.41 Å². The van der Waals surface area contributed by atoms with Gasteiger partial charge in [0, 0.05) is 21.8 Å². The number of aryl methyl sites for hydroxylation is 1. The Morgan fingerprint density at radius 2 is 1.12 bits per heavy atom. The molecule has 0 radical (unpaired) electrons. The number of aromatic amines is 1. The van der Waals surface area contributed by atoms with Gasteiger partial charge in [-0.15, -0.1) is 0 Å². The fourth-order valence-corrected chi connectivity index (χ4v) is 6.69. The Labute approximate surface area is 192 Å². The Morgan fingerprint density at radius 1 is 0.545 bits per heavy atom. The Morgan fingerprint density at radius 3 is 1.82 bits per heavy atom. The third-order valence-electron chi connectivity index (χ3n) is 7.88. The topological polar surface area (TPSA) is 15.8 Å². The molecule has 1 spiro atoms. The molecule has 1 heterocycles. The number of fused-ring (bicyclic) bond motifs is 14. The van der Waals surface area contributed by atoms with Crippen molar-refractivity contribution < 1.29 is 0 Å². The van der Waals surface area contributed by atoms with Gasteiger partial charge in [0.05, 0.1) is 5.41 Å². The van der Waals surface area contributed by atoms with E-state index in [4.69, 9.17) is 0 Å². The summed E-state index contributed by atoms with van der Waals surface area (Å²) < 4.78 is 0. The molecule has 1 nitrogen and oxygen atoms in total. The highest BCUT2D eigenvalue weighted by Crippen LogP contribution is 2.63. The molecule has 8 rings (SSSR count). The zero-order chi connectivity index (χ0) is 21.7. The van der Waals surface area contributed by atoms with Crippen LogP contribution in [0.4, 0.5) is 0 Å². The van der Waals surface area contributed by atoms with Gasteiger partial charge < -0.3 is 4.98 Å². The molecule has 0 amide bonds. The second kappa shape index (κ2) is 5.82. The van der Waals surface area contributed by atoms with Crippen molar-refractivity contribution in [2.75, 3.05) is 0 Å². The quantitative estimate of drug-likeness (QED) is 0.256. The molecule has 2 aliphatic carbocycles. The van der Waals surface area contributed by atoms with E-state index in [1.54, 1.807) is 0 Å². The van der Waals surface area contributed by atoms with E-state index in [2.05, 4.69) is 115 Å². The van der Waals surface area contributed by atoms with Crippen molar-refractivity contribution in [1.82, 2.24) is 4.98 Å². The molecule has 6 aromatic rings. The third kappa shape index (κ3) is 1.91. The Kier molecular flexibility index (Phi) is 3.08. The number of hydrogen-bond acceptors (Lipinski definition) is 0. The van der Waals surface area contributed by atoms with Crippen molar-refractivity contribution in [2.45, 2.75) is 12.3 Å². The molecule has 5 aromatic carbocycles. The Hall–Kier alpha value is -4.10. The van der Waals surface area contributed by atoms with E-state index >= 15 is 0 Å². The van der Waals surface area contributed by atoms with E-state index in [1.807, 2.05) is 0 Å². The van der Waals surface area contributed by atoms with E-state index in [0.29, 0.717) is 0 Å². The van der Waals surface area contributed by atoms with Gasteiger partial charge in [0.25, 0.3) is 0 Å². The van der Waals surface area contributed by atoms with E-state index in [9.17, 15) is 0 Å². The zero-order valence-corrected chi connectivity index (χ0v) is 18.3. The normalized spacial score (nSPS) is 14.5. The van der Waals surface area contributed by atoms with Gasteiger partial charge in [-0.2, -0.15) is 0 Å². The fourth-order valence-electron chi connectivity index (χ4n) is 6.69. The van der Waals surface area contributed by atoms with Gasteiger partial charge in [0.2, 0.25) is 0 Å². The summed E-state index contributed by atoms with van der Waals surface area (Å²) >= 11 is 0. The molecule has 0 saturated heterocycles. The summed E-state index contributed by atoms with van der Waals surface area (Å²) in [6.07, 6.45) is 0. The third-order valence-corrected chi connectivity index (χ3v) is 7.88. The Balaban J connectivity index is 1.64. The van der Waals surface area contributed by atoms with Crippen molar-refractivity contribution in [3.05, 3.63) is 131 Å². The average molecular weight is 420 g/mol. The first-order valence-corrected chi connectivity index (χ1v) is 11.6. The molecule has 0 saturated carbocycles. The standard InChI is InChI=1S/C32H21N/c1-19-14-16-28-23(18-19)31-29(33-28)17-15-27-30(31)22-10-4-7-13-26(22)32(27)24-11-5-2-8-20(24)21-9-3-6-12-25(21)32/h2-18,33H,1H3. The minimum atomic E-state index is -0.277. The highest BCUT2D eigenvalue weighted by atomic mass is 14.7. The van der Waals surface area contributed by atoms with Crippen LogP contribution in [0.2, 0.25) is 0 Å². The van der Waals surface area contributed by atoms with Crippen LogP contribution >= 0.6 is 0 Å². The summed E-state index contributed by atoms with van der Waals surface area (Å²) in [7, 11) is 0. The molecule has 0 atom stereocenters. The number of rotatable bonds is 0. The van der Waals surface area contributed by atoms with Crippen molar-refractivity contribution in [3.8, 4) is 22.3 Å². The second-order valence-electron chi connectivity index (χ2n) is 9.47. The van der Waals surface area contributed by atoms with Crippen LogP contribution < -0.4 is 0 Å². The van der Waals surface area contributed by atoms with Crippen molar-refractivity contribution in [2.24, 2.45) is 0 Å². The molecule has 2 aliphatic rings. The smallest absolute Gasteiger partial charge is 0.0725 e. The van der Waals surface area contributed by atoms with Crippen LogP contribution in [-0.4, -0.2) is 4.98 Å². The van der Waals surface area contributed by atoms with Gasteiger partial charge in [0.1, 0.15) is 0 Å². The fraction of sp³-hybridized carbons (Fsp3) is 0.0625. The van der Waals surface area contributed by atoms with Crippen molar-refractivity contribution in [1.29, 1.82) is 0 Å². The van der Waals surface area contributed by atoms with Crippen LogP contribution in [0, 0.1) is 6.92 Å². The monoisotopic (exact) mass is 419 g/mol. The van der Waals surface area contributed by atoms with Gasteiger partial charge in [-0.1, -0.05) is 90.5 Å². The lowest BCUT2D eigenvalue weighted by atomic mass is 9.70. The molecule has 0 bridgehead atoms. The van der Waals surface area contributed by atoms with Crippen molar-refractivity contribution >= 4 is 21.8 Å². The van der Waals surface area contributed by atoms with Gasteiger partial charge >= 0.3 is 0 Å². The first-order chi connectivity index (χ1) is 16.3. The van der Waals surface area contributed by atoms with Crippen LogP contribution in [0.1, 0.15) is 27.8 Å². The molecule has 1 heteroatoms. The molecule has 1 N–H and O–H groups in total. The summed E-state index contributed by atoms with van der Waals surface area (Å²) in [6, 6.07) is 38.4. The summed E-state index contributed by atoms with van der Waals surface area (Å²) in [6.45, 7) is 2.18. The summed E-state index contributed by atoms with van der Waals surface area (Å²) in [5.41, 5.74) is 14.5. The number of benzene rings is 5. The van der Waals surface area contributed by atoms with Crippen LogP contribution in [0.25, 0.3) is 44.1 Å². The molecule has 0 fully saturated rings. The maximum Gasteiger partial charge on any atom is 0.0725 e. The summed E-state index contributed by atoms with van der Waals surface area (Å²) in [5.74, 6) is 0. The summed E-state index contributed by atoms with van der Waals surface area (Å²) in [5, 5.41) is 2.66. The number of hydrogen-bond donors (Lipinski definition) is 1. The number of H-pyrrole nitrogens is 1. The van der Waals surface area contributed by atoms with E-state index in [-0.39, 0.29) is 5.41 Å². The molecular formula is C32H21N. The van der Waals surface area contributed by atoms with Gasteiger partial charge in [-0.25, -0.2) is 0 Å². The predicted molar refractivity (Wildman–Crippen MR) is 137 cm³/mol. The highest BCUT2D eigenvalue weighted by molar-refractivity contribution is 6.17. The first-order valence-electron chi connectivity index (χ1n) is 11.6. The van der Waals surface area contributed by atoms with Crippen LogP contribution in [0.3, 0.4) is 0 Å².